The van der Waals surface area contributed by atoms with Gasteiger partial charge in [-0.2, -0.15) is 0 Å². The first-order chi connectivity index (χ1) is 23.2. The number of hydrogen-bond donors (Lipinski definition) is 2. The summed E-state index contributed by atoms with van der Waals surface area (Å²) < 4.78 is 34.5. The number of carbonyl (C=O) groups excluding carboxylic acids is 2. The standard InChI is InChI=1S/C34H40F2N8O4/c1-4-33(46)40-26-18-27(30(47-3)19-29(26)43-11-8-23(9-12-43)42-15-13-41(14-16-42)22(2)45)39-31-20-32(38-21-37-31)44-28(10-17-48-44)24-6-5-7-25(35)34(24)36/h4-7,18-21,23,28H,1,8-17H2,2-3H3,(H,40,46)(H,37,38,39). The molecule has 12 nitrogen and oxygen atoms in total. The van der Waals surface area contributed by atoms with E-state index in [1.54, 1.807) is 26.2 Å². The molecule has 0 saturated carbocycles. The lowest BCUT2D eigenvalue weighted by Gasteiger charge is -2.43. The van der Waals surface area contributed by atoms with Crippen molar-refractivity contribution in [2.24, 2.45) is 0 Å². The van der Waals surface area contributed by atoms with Gasteiger partial charge in [-0.25, -0.2) is 23.8 Å². The fourth-order valence-corrected chi connectivity index (χ4v) is 6.68. The Bertz CT molecular complexity index is 1660. The Morgan fingerprint density at radius 2 is 1.79 bits per heavy atom. The van der Waals surface area contributed by atoms with Gasteiger partial charge in [0.25, 0.3) is 0 Å². The Morgan fingerprint density at radius 3 is 2.50 bits per heavy atom. The SMILES string of the molecule is C=CC(=O)Nc1cc(Nc2cc(N3OCCC3c3cccc(F)c3F)ncn2)c(OC)cc1N1CCC(N2CCN(C(C)=O)CC2)CC1. The van der Waals surface area contributed by atoms with Crippen LogP contribution in [0.3, 0.4) is 0 Å². The first-order valence-electron chi connectivity index (χ1n) is 16.1. The van der Waals surface area contributed by atoms with Gasteiger partial charge in [-0.1, -0.05) is 18.7 Å². The summed E-state index contributed by atoms with van der Waals surface area (Å²) in [5.41, 5.74) is 2.12. The summed E-state index contributed by atoms with van der Waals surface area (Å²) in [6.45, 7) is 10.4. The number of piperidine rings is 1. The molecule has 0 aliphatic carbocycles. The molecule has 48 heavy (non-hydrogen) atoms. The number of hydrogen-bond acceptors (Lipinski definition) is 10. The van der Waals surface area contributed by atoms with E-state index in [0.29, 0.717) is 47.8 Å². The molecular formula is C34H40F2N8O4. The molecule has 3 aliphatic rings. The number of nitrogens with one attached hydrogen (secondary N) is 2. The number of carbonyl (C=O) groups is 2. The van der Waals surface area contributed by atoms with E-state index in [1.807, 2.05) is 11.0 Å². The number of methoxy groups -OCH3 is 1. The molecule has 0 spiro atoms. The Morgan fingerprint density at radius 1 is 1.02 bits per heavy atom. The highest BCUT2D eigenvalue weighted by atomic mass is 19.2. The van der Waals surface area contributed by atoms with Crippen molar-refractivity contribution < 1.29 is 27.9 Å². The van der Waals surface area contributed by atoms with Crippen LogP contribution in [0.1, 0.15) is 37.8 Å². The van der Waals surface area contributed by atoms with Crippen molar-refractivity contribution in [2.45, 2.75) is 38.3 Å². The number of hydroxylamine groups is 1. The highest BCUT2D eigenvalue weighted by Crippen LogP contribution is 2.41. The Labute approximate surface area is 278 Å². The summed E-state index contributed by atoms with van der Waals surface area (Å²) in [5, 5.41) is 7.67. The van der Waals surface area contributed by atoms with Crippen LogP contribution in [0.5, 0.6) is 5.75 Å². The molecule has 6 rings (SSSR count). The van der Waals surface area contributed by atoms with Crippen LogP contribution in [0.2, 0.25) is 0 Å². The lowest BCUT2D eigenvalue weighted by atomic mass is 10.0. The van der Waals surface area contributed by atoms with E-state index in [4.69, 9.17) is 9.57 Å². The van der Waals surface area contributed by atoms with Gasteiger partial charge in [-0.15, -0.1) is 0 Å². The number of ether oxygens (including phenoxy) is 1. The minimum Gasteiger partial charge on any atom is -0.494 e. The van der Waals surface area contributed by atoms with Crippen LogP contribution in [0.15, 0.2) is 55.4 Å². The minimum atomic E-state index is -0.923. The third-order valence-corrected chi connectivity index (χ3v) is 9.23. The zero-order chi connectivity index (χ0) is 33.8. The molecule has 0 radical (unpaired) electrons. The van der Waals surface area contributed by atoms with Crippen molar-refractivity contribution in [1.29, 1.82) is 0 Å². The van der Waals surface area contributed by atoms with Gasteiger partial charge in [0.15, 0.2) is 17.5 Å². The van der Waals surface area contributed by atoms with Crippen LogP contribution >= 0.6 is 0 Å². The number of anilines is 5. The van der Waals surface area contributed by atoms with Crippen LogP contribution in [-0.4, -0.2) is 90.6 Å². The van der Waals surface area contributed by atoms with Crippen molar-refractivity contribution >= 4 is 40.5 Å². The first kappa shape index (κ1) is 33.1. The topological polar surface area (TPSA) is 115 Å². The normalized spacial score (nSPS) is 18.9. The summed E-state index contributed by atoms with van der Waals surface area (Å²) >= 11 is 0. The molecule has 4 heterocycles. The molecule has 1 unspecified atom stereocenters. The molecule has 0 bridgehead atoms. The fraction of sp³-hybridized carbons (Fsp3) is 0.412. The summed E-state index contributed by atoms with van der Waals surface area (Å²) in [7, 11) is 1.57. The Hall–Kier alpha value is -4.82. The molecule has 3 saturated heterocycles. The van der Waals surface area contributed by atoms with E-state index in [0.717, 1.165) is 63.9 Å². The minimum absolute atomic E-state index is 0.123. The maximum absolute atomic E-state index is 14.7. The number of amides is 2. The van der Waals surface area contributed by atoms with Crippen LogP contribution < -0.4 is 25.3 Å². The van der Waals surface area contributed by atoms with Crippen molar-refractivity contribution in [2.75, 3.05) is 73.6 Å². The van der Waals surface area contributed by atoms with E-state index in [-0.39, 0.29) is 17.4 Å². The number of benzene rings is 2. The number of nitrogens with zero attached hydrogens (tertiary/aromatic N) is 6. The highest BCUT2D eigenvalue weighted by molar-refractivity contribution is 6.02. The predicted octanol–water partition coefficient (Wildman–Crippen LogP) is 4.65. The molecule has 1 atom stereocenters. The molecule has 2 amide bonds. The Balaban J connectivity index is 1.21. The second kappa shape index (κ2) is 14.5. The van der Waals surface area contributed by atoms with Crippen LogP contribution in [0, 0.1) is 11.6 Å². The predicted molar refractivity (Wildman–Crippen MR) is 178 cm³/mol. The second-order valence-electron chi connectivity index (χ2n) is 12.0. The van der Waals surface area contributed by atoms with Crippen molar-refractivity contribution in [1.82, 2.24) is 19.8 Å². The highest BCUT2D eigenvalue weighted by Gasteiger charge is 2.33. The smallest absolute Gasteiger partial charge is 0.247 e. The van der Waals surface area contributed by atoms with Crippen LogP contribution in [0.4, 0.5) is 37.5 Å². The van der Waals surface area contributed by atoms with E-state index in [9.17, 15) is 18.4 Å². The van der Waals surface area contributed by atoms with Gasteiger partial charge in [-0.3, -0.25) is 19.3 Å². The average Bonchev–Trinajstić information content (AvgIpc) is 3.60. The molecule has 3 aliphatic heterocycles. The fourth-order valence-electron chi connectivity index (χ4n) is 6.68. The molecule has 2 aromatic carbocycles. The van der Waals surface area contributed by atoms with Gasteiger partial charge in [-0.05, 0) is 31.1 Å². The lowest BCUT2D eigenvalue weighted by Crippen LogP contribution is -2.54. The summed E-state index contributed by atoms with van der Waals surface area (Å²) in [5.74, 6) is -0.781. The monoisotopic (exact) mass is 662 g/mol. The molecule has 3 aromatic rings. The largest absolute Gasteiger partial charge is 0.494 e. The van der Waals surface area contributed by atoms with Gasteiger partial charge in [0.05, 0.1) is 36.8 Å². The summed E-state index contributed by atoms with van der Waals surface area (Å²) in [4.78, 5) is 45.4. The number of piperazine rings is 1. The molecule has 3 fully saturated rings. The molecule has 2 N–H and O–H groups in total. The molecule has 14 heteroatoms. The van der Waals surface area contributed by atoms with Gasteiger partial charge >= 0.3 is 0 Å². The molecule has 254 valence electrons. The van der Waals surface area contributed by atoms with E-state index >= 15 is 0 Å². The lowest BCUT2D eigenvalue weighted by molar-refractivity contribution is -0.131. The Kier molecular flexibility index (Phi) is 10.0. The number of aromatic nitrogens is 2. The third-order valence-electron chi connectivity index (χ3n) is 9.23. The van der Waals surface area contributed by atoms with Crippen LogP contribution in [-0.2, 0) is 14.4 Å². The second-order valence-corrected chi connectivity index (χ2v) is 12.0. The molecular weight excluding hydrogens is 622 g/mol. The van der Waals surface area contributed by atoms with E-state index < -0.39 is 17.7 Å². The number of rotatable bonds is 9. The third kappa shape index (κ3) is 7.04. The average molecular weight is 663 g/mol. The maximum atomic E-state index is 14.7. The van der Waals surface area contributed by atoms with E-state index in [1.165, 1.54) is 29.6 Å². The van der Waals surface area contributed by atoms with Gasteiger partial charge in [0.2, 0.25) is 11.8 Å². The maximum Gasteiger partial charge on any atom is 0.247 e. The zero-order valence-corrected chi connectivity index (χ0v) is 27.1. The van der Waals surface area contributed by atoms with Gasteiger partial charge < -0.3 is 25.2 Å². The molecule has 1 aromatic heterocycles. The van der Waals surface area contributed by atoms with Crippen molar-refractivity contribution in [3.8, 4) is 5.75 Å². The first-order valence-corrected chi connectivity index (χ1v) is 16.1. The zero-order valence-electron chi connectivity index (χ0n) is 27.1. The number of halogens is 2. The van der Waals surface area contributed by atoms with E-state index in [2.05, 4.69) is 37.0 Å². The summed E-state index contributed by atoms with van der Waals surface area (Å²) in [6, 6.07) is 9.26. The van der Waals surface area contributed by atoms with Crippen molar-refractivity contribution in [3.63, 3.8) is 0 Å². The summed E-state index contributed by atoms with van der Waals surface area (Å²) in [6.07, 6.45) is 4.91. The van der Waals surface area contributed by atoms with Crippen molar-refractivity contribution in [3.05, 3.63) is 72.6 Å². The van der Waals surface area contributed by atoms with Crippen LogP contribution in [0.25, 0.3) is 0 Å². The van der Waals surface area contributed by atoms with Gasteiger partial charge in [0, 0.05) is 76.4 Å². The quantitative estimate of drug-likeness (QED) is 0.314. The van der Waals surface area contributed by atoms with Gasteiger partial charge in [0.1, 0.15) is 17.9 Å².